The molecule has 0 saturated carbocycles. The van der Waals surface area contributed by atoms with Crippen molar-refractivity contribution in [2.75, 3.05) is 19.6 Å². The molecule has 4 heteroatoms. The monoisotopic (exact) mass is 204 g/mol. The highest BCUT2D eigenvalue weighted by Gasteiger charge is 2.26. The zero-order valence-corrected chi connectivity index (χ0v) is 8.44. The fourth-order valence-electron chi connectivity index (χ4n) is 1.92. The van der Waals surface area contributed by atoms with Crippen LogP contribution in [0.25, 0.3) is 0 Å². The van der Waals surface area contributed by atoms with Gasteiger partial charge in [0.05, 0.1) is 6.04 Å². The topological polar surface area (TPSA) is 56.1 Å². The summed E-state index contributed by atoms with van der Waals surface area (Å²) < 4.78 is 0. The second-order valence-corrected chi connectivity index (χ2v) is 3.63. The fourth-order valence-corrected chi connectivity index (χ4v) is 1.92. The van der Waals surface area contributed by atoms with Gasteiger partial charge in [-0.25, -0.2) is 10.5 Å². The van der Waals surface area contributed by atoms with Crippen LogP contribution in [0.5, 0.6) is 0 Å². The molecule has 4 nitrogen and oxygen atoms in total. The molecule has 1 aromatic carbocycles. The average molecular weight is 204 g/mol. The van der Waals surface area contributed by atoms with E-state index in [0.717, 1.165) is 18.7 Å². The normalized spacial score (nSPS) is 21.3. The van der Waals surface area contributed by atoms with Crippen LogP contribution in [0.3, 0.4) is 0 Å². The van der Waals surface area contributed by atoms with Crippen molar-refractivity contribution in [3.05, 3.63) is 35.9 Å². The maximum absolute atomic E-state index is 11.1. The van der Waals surface area contributed by atoms with Crippen LogP contribution in [0, 0.1) is 0 Å². The highest BCUT2D eigenvalue weighted by Crippen LogP contribution is 2.21. The fraction of sp³-hybridized carbons (Fsp3) is 0.364. The molecule has 1 fully saturated rings. The third kappa shape index (κ3) is 2.10. The molecule has 79 valence electrons. The SMILES string of the molecule is [NH]C(=O)N1CCNCC1c1ccccc1. The van der Waals surface area contributed by atoms with E-state index in [1.165, 1.54) is 0 Å². The van der Waals surface area contributed by atoms with Gasteiger partial charge in [0.1, 0.15) is 0 Å². The molecule has 1 aromatic rings. The highest BCUT2D eigenvalue weighted by molar-refractivity contribution is 5.72. The summed E-state index contributed by atoms with van der Waals surface area (Å²) in [5.74, 6) is 0. The number of carbonyl (C=O) groups is 1. The molecule has 2 N–H and O–H groups in total. The van der Waals surface area contributed by atoms with Crippen LogP contribution in [0.15, 0.2) is 30.3 Å². The number of hydrogen-bond acceptors (Lipinski definition) is 2. The summed E-state index contributed by atoms with van der Waals surface area (Å²) in [6.45, 7) is 2.12. The van der Waals surface area contributed by atoms with E-state index in [1.54, 1.807) is 4.90 Å². The van der Waals surface area contributed by atoms with Gasteiger partial charge in [0, 0.05) is 19.6 Å². The molecule has 0 aliphatic carbocycles. The lowest BCUT2D eigenvalue weighted by molar-refractivity contribution is 0.166. The molecular formula is C11H14N3O. The van der Waals surface area contributed by atoms with E-state index in [9.17, 15) is 4.79 Å². The second kappa shape index (κ2) is 4.31. The molecule has 15 heavy (non-hydrogen) atoms. The highest BCUT2D eigenvalue weighted by atomic mass is 16.2. The van der Waals surface area contributed by atoms with Crippen molar-refractivity contribution in [1.29, 1.82) is 0 Å². The number of piperazine rings is 1. The van der Waals surface area contributed by atoms with Crippen LogP contribution in [0.2, 0.25) is 0 Å². The Morgan fingerprint density at radius 1 is 1.40 bits per heavy atom. The molecule has 0 aromatic heterocycles. The van der Waals surface area contributed by atoms with E-state index >= 15 is 0 Å². The molecule has 1 aliphatic rings. The van der Waals surface area contributed by atoms with Crippen molar-refractivity contribution < 1.29 is 4.79 Å². The Bertz CT molecular complexity index is 339. The Balaban J connectivity index is 2.22. The minimum Gasteiger partial charge on any atom is -0.314 e. The van der Waals surface area contributed by atoms with Crippen molar-refractivity contribution in [3.8, 4) is 0 Å². The number of rotatable bonds is 1. The lowest BCUT2D eigenvalue weighted by Crippen LogP contribution is -2.48. The molecule has 1 aliphatic heterocycles. The molecule has 1 unspecified atom stereocenters. The number of benzene rings is 1. The minimum atomic E-state index is -0.592. The van der Waals surface area contributed by atoms with E-state index in [0.29, 0.717) is 6.54 Å². The zero-order valence-electron chi connectivity index (χ0n) is 8.44. The largest absolute Gasteiger partial charge is 0.336 e. The Hall–Kier alpha value is -1.55. The van der Waals surface area contributed by atoms with E-state index in [1.807, 2.05) is 30.3 Å². The van der Waals surface area contributed by atoms with Gasteiger partial charge in [-0.2, -0.15) is 0 Å². The first-order chi connectivity index (χ1) is 7.29. The number of amides is 2. The number of hydrogen-bond donors (Lipinski definition) is 1. The zero-order chi connectivity index (χ0) is 10.7. The van der Waals surface area contributed by atoms with Crippen LogP contribution in [-0.2, 0) is 0 Å². The van der Waals surface area contributed by atoms with Crippen LogP contribution >= 0.6 is 0 Å². The van der Waals surface area contributed by atoms with Crippen molar-refractivity contribution >= 4 is 6.03 Å². The standard InChI is InChI=1S/C11H14N3O/c12-11(15)14-7-6-13-8-10(14)9-4-2-1-3-5-9/h1-5,10,12-13H,6-8H2. The van der Waals surface area contributed by atoms with E-state index < -0.39 is 6.03 Å². The van der Waals surface area contributed by atoms with Gasteiger partial charge in [-0.3, -0.25) is 0 Å². The Kier molecular flexibility index (Phi) is 2.87. The smallest absolute Gasteiger partial charge is 0.314 e. The summed E-state index contributed by atoms with van der Waals surface area (Å²) in [6.07, 6.45) is 0. The summed E-state index contributed by atoms with van der Waals surface area (Å²) in [7, 11) is 0. The van der Waals surface area contributed by atoms with Crippen LogP contribution in [-0.4, -0.2) is 30.6 Å². The van der Waals surface area contributed by atoms with Crippen molar-refractivity contribution in [1.82, 2.24) is 16.0 Å². The molecule has 2 rings (SSSR count). The Morgan fingerprint density at radius 2 is 2.13 bits per heavy atom. The first-order valence-corrected chi connectivity index (χ1v) is 5.07. The number of carbonyl (C=O) groups excluding carboxylic acids is 1. The predicted molar refractivity (Wildman–Crippen MR) is 57.3 cm³/mol. The molecular weight excluding hydrogens is 190 g/mol. The summed E-state index contributed by atoms with van der Waals surface area (Å²) in [5.41, 5.74) is 8.30. The van der Waals surface area contributed by atoms with Gasteiger partial charge >= 0.3 is 6.03 Å². The van der Waals surface area contributed by atoms with Gasteiger partial charge in [-0.15, -0.1) is 0 Å². The quantitative estimate of drug-likeness (QED) is 0.743. The van der Waals surface area contributed by atoms with Crippen molar-refractivity contribution in [3.63, 3.8) is 0 Å². The van der Waals surface area contributed by atoms with Gasteiger partial charge in [-0.1, -0.05) is 30.3 Å². The molecule has 2 amide bonds. The van der Waals surface area contributed by atoms with E-state index in [-0.39, 0.29) is 6.04 Å². The molecule has 0 bridgehead atoms. The summed E-state index contributed by atoms with van der Waals surface area (Å²) in [5, 5.41) is 3.24. The Morgan fingerprint density at radius 3 is 2.80 bits per heavy atom. The van der Waals surface area contributed by atoms with Gasteiger partial charge in [0.25, 0.3) is 0 Å². The minimum absolute atomic E-state index is 0.00458. The second-order valence-electron chi connectivity index (χ2n) is 3.63. The molecule has 1 atom stereocenters. The summed E-state index contributed by atoms with van der Waals surface area (Å²) >= 11 is 0. The first kappa shape index (κ1) is 9.98. The molecule has 0 spiro atoms. The van der Waals surface area contributed by atoms with Crippen molar-refractivity contribution in [2.45, 2.75) is 6.04 Å². The van der Waals surface area contributed by atoms with Crippen LogP contribution in [0.4, 0.5) is 4.79 Å². The lowest BCUT2D eigenvalue weighted by Gasteiger charge is -2.34. The summed E-state index contributed by atoms with van der Waals surface area (Å²) in [4.78, 5) is 12.8. The van der Waals surface area contributed by atoms with Gasteiger partial charge in [0.2, 0.25) is 0 Å². The van der Waals surface area contributed by atoms with E-state index in [2.05, 4.69) is 5.32 Å². The maximum atomic E-state index is 11.1. The number of urea groups is 1. The predicted octanol–water partition coefficient (Wildman–Crippen LogP) is 1.04. The van der Waals surface area contributed by atoms with E-state index in [4.69, 9.17) is 5.73 Å². The number of nitrogens with one attached hydrogen (secondary N) is 2. The molecule has 1 heterocycles. The molecule has 1 radical (unpaired) electrons. The lowest BCUT2D eigenvalue weighted by atomic mass is 10.0. The number of nitrogens with zero attached hydrogens (tertiary/aromatic N) is 1. The molecule has 1 saturated heterocycles. The summed E-state index contributed by atoms with van der Waals surface area (Å²) in [6, 6.07) is 9.26. The third-order valence-corrected chi connectivity index (χ3v) is 2.69. The first-order valence-electron chi connectivity index (χ1n) is 5.07. The van der Waals surface area contributed by atoms with Crippen LogP contribution in [0.1, 0.15) is 11.6 Å². The van der Waals surface area contributed by atoms with Gasteiger partial charge in [-0.05, 0) is 5.56 Å². The third-order valence-electron chi connectivity index (χ3n) is 2.69. The maximum Gasteiger partial charge on any atom is 0.336 e. The average Bonchev–Trinajstić information content (AvgIpc) is 2.30. The van der Waals surface area contributed by atoms with Gasteiger partial charge in [0.15, 0.2) is 0 Å². The van der Waals surface area contributed by atoms with Crippen molar-refractivity contribution in [2.24, 2.45) is 0 Å². The van der Waals surface area contributed by atoms with Crippen LogP contribution < -0.4 is 11.1 Å². The van der Waals surface area contributed by atoms with Gasteiger partial charge < -0.3 is 10.2 Å². The Labute approximate surface area is 89.1 Å².